The number of phenols is 1. The molecular formula is C9H5NO5. The molecule has 2 rings (SSSR count). The maximum atomic E-state index is 10.5. The Morgan fingerprint density at radius 2 is 2.20 bits per heavy atom. The Kier molecular flexibility index (Phi) is 1.89. The average Bonchev–Trinajstić information content (AvgIpc) is 2.61. The quantitative estimate of drug-likeness (QED) is 0.460. The van der Waals surface area contributed by atoms with E-state index in [0.29, 0.717) is 6.29 Å². The maximum absolute atomic E-state index is 10.5. The first-order chi connectivity index (χ1) is 7.13. The van der Waals surface area contributed by atoms with E-state index in [9.17, 15) is 20.0 Å². The highest BCUT2D eigenvalue weighted by molar-refractivity contribution is 5.92. The van der Waals surface area contributed by atoms with Crippen LogP contribution in [0.25, 0.3) is 11.0 Å². The smallest absolute Gasteiger partial charge is 0.311 e. The van der Waals surface area contributed by atoms with Crippen molar-refractivity contribution in [2.45, 2.75) is 0 Å². The van der Waals surface area contributed by atoms with Crippen molar-refractivity contribution in [3.05, 3.63) is 34.1 Å². The van der Waals surface area contributed by atoms with Crippen molar-refractivity contribution in [2.75, 3.05) is 0 Å². The Labute approximate surface area is 82.9 Å². The van der Waals surface area contributed by atoms with Gasteiger partial charge in [0.25, 0.3) is 0 Å². The number of nitrogens with zero attached hydrogens (tertiary/aromatic N) is 1. The highest BCUT2D eigenvalue weighted by Crippen LogP contribution is 2.35. The van der Waals surface area contributed by atoms with Gasteiger partial charge in [-0.25, -0.2) is 0 Å². The fourth-order valence-corrected chi connectivity index (χ4v) is 1.31. The van der Waals surface area contributed by atoms with Gasteiger partial charge < -0.3 is 9.52 Å². The Balaban J connectivity index is 2.77. The molecule has 0 aliphatic carbocycles. The first-order valence-corrected chi connectivity index (χ1v) is 3.98. The number of rotatable bonds is 2. The lowest BCUT2D eigenvalue weighted by Gasteiger charge is -1.95. The summed E-state index contributed by atoms with van der Waals surface area (Å²) >= 11 is 0. The molecule has 6 heteroatoms. The molecule has 0 atom stereocenters. The predicted molar refractivity (Wildman–Crippen MR) is 49.9 cm³/mol. The van der Waals surface area contributed by atoms with Crippen LogP contribution >= 0.6 is 0 Å². The van der Waals surface area contributed by atoms with E-state index in [1.165, 1.54) is 12.1 Å². The van der Waals surface area contributed by atoms with E-state index >= 15 is 0 Å². The summed E-state index contributed by atoms with van der Waals surface area (Å²) in [6.07, 6.45) is 0.464. The van der Waals surface area contributed by atoms with E-state index in [-0.39, 0.29) is 16.7 Å². The van der Waals surface area contributed by atoms with Crippen molar-refractivity contribution in [1.82, 2.24) is 0 Å². The van der Waals surface area contributed by atoms with Crippen LogP contribution < -0.4 is 0 Å². The molecule has 0 saturated heterocycles. The number of fused-ring (bicyclic) bond motifs is 1. The fourth-order valence-electron chi connectivity index (χ4n) is 1.31. The molecule has 1 aromatic heterocycles. The van der Waals surface area contributed by atoms with Crippen LogP contribution in [-0.4, -0.2) is 16.3 Å². The number of phenolic OH excluding ortho intramolecular Hbond substituents is 1. The van der Waals surface area contributed by atoms with Crippen LogP contribution in [0.4, 0.5) is 5.69 Å². The van der Waals surface area contributed by atoms with Crippen LogP contribution in [0.15, 0.2) is 22.6 Å². The van der Waals surface area contributed by atoms with Crippen molar-refractivity contribution >= 4 is 22.9 Å². The first-order valence-electron chi connectivity index (χ1n) is 3.98. The van der Waals surface area contributed by atoms with Crippen LogP contribution in [0.2, 0.25) is 0 Å². The van der Waals surface area contributed by atoms with E-state index in [1.54, 1.807) is 0 Å². The van der Waals surface area contributed by atoms with Gasteiger partial charge in [-0.05, 0) is 12.1 Å². The number of aldehydes is 1. The van der Waals surface area contributed by atoms with Crippen LogP contribution in [0.1, 0.15) is 10.6 Å². The third-order valence-electron chi connectivity index (χ3n) is 1.98. The number of aromatic hydroxyl groups is 1. The summed E-state index contributed by atoms with van der Waals surface area (Å²) in [5.41, 5.74) is -0.180. The monoisotopic (exact) mass is 207 g/mol. The lowest BCUT2D eigenvalue weighted by molar-refractivity contribution is -0.385. The summed E-state index contributed by atoms with van der Waals surface area (Å²) in [6, 6.07) is 3.71. The van der Waals surface area contributed by atoms with Gasteiger partial charge in [-0.1, -0.05) is 0 Å². The normalized spacial score (nSPS) is 10.4. The molecule has 76 valence electrons. The molecule has 1 heterocycles. The number of hydrogen-bond acceptors (Lipinski definition) is 5. The molecule has 15 heavy (non-hydrogen) atoms. The molecule has 0 spiro atoms. The standard InChI is InChI=1S/C9H5NO5/c11-4-5-3-6-8(15-5)2-1-7(9(6)12)10(13)14/h1-4,12H. The summed E-state index contributed by atoms with van der Waals surface area (Å²) in [4.78, 5) is 20.2. The minimum atomic E-state index is -0.706. The largest absolute Gasteiger partial charge is 0.502 e. The topological polar surface area (TPSA) is 93.6 Å². The minimum Gasteiger partial charge on any atom is -0.502 e. The molecule has 0 unspecified atom stereocenters. The Bertz CT molecular complexity index is 557. The molecule has 0 amide bonds. The molecule has 0 bridgehead atoms. The van der Waals surface area contributed by atoms with Gasteiger partial charge in [-0.15, -0.1) is 0 Å². The van der Waals surface area contributed by atoms with Crippen molar-refractivity contribution in [1.29, 1.82) is 0 Å². The van der Waals surface area contributed by atoms with Gasteiger partial charge in [0.15, 0.2) is 12.0 Å². The maximum Gasteiger partial charge on any atom is 0.311 e. The zero-order valence-electron chi connectivity index (χ0n) is 7.34. The van der Waals surface area contributed by atoms with Crippen LogP contribution in [0, 0.1) is 10.1 Å². The molecule has 0 aliphatic heterocycles. The fraction of sp³-hybridized carbons (Fsp3) is 0. The lowest BCUT2D eigenvalue weighted by Crippen LogP contribution is -1.87. The summed E-state index contributed by atoms with van der Waals surface area (Å²) in [6.45, 7) is 0. The number of carbonyl (C=O) groups excluding carboxylic acids is 1. The molecule has 0 aliphatic rings. The number of hydrogen-bond donors (Lipinski definition) is 1. The van der Waals surface area contributed by atoms with Crippen molar-refractivity contribution < 1.29 is 19.2 Å². The summed E-state index contributed by atoms with van der Waals surface area (Å²) < 4.78 is 4.98. The second-order valence-electron chi connectivity index (χ2n) is 2.87. The van der Waals surface area contributed by atoms with Crippen molar-refractivity contribution in [2.24, 2.45) is 0 Å². The second kappa shape index (κ2) is 3.09. The van der Waals surface area contributed by atoms with Crippen LogP contribution in [0.3, 0.4) is 0 Å². The number of nitro groups is 1. The molecule has 0 fully saturated rings. The van der Waals surface area contributed by atoms with E-state index in [4.69, 9.17) is 4.42 Å². The molecular weight excluding hydrogens is 202 g/mol. The van der Waals surface area contributed by atoms with Gasteiger partial charge in [0, 0.05) is 6.07 Å². The molecule has 2 aromatic rings. The molecule has 0 radical (unpaired) electrons. The SMILES string of the molecule is O=Cc1cc2c(O)c([N+](=O)[O-])ccc2o1. The highest BCUT2D eigenvalue weighted by Gasteiger charge is 2.18. The summed E-state index contributed by atoms with van der Waals surface area (Å²) in [5, 5.41) is 20.2. The average molecular weight is 207 g/mol. The predicted octanol–water partition coefficient (Wildman–Crippen LogP) is 1.86. The Morgan fingerprint density at radius 1 is 1.47 bits per heavy atom. The number of carbonyl (C=O) groups is 1. The second-order valence-corrected chi connectivity index (χ2v) is 2.87. The molecule has 0 saturated carbocycles. The third-order valence-corrected chi connectivity index (χ3v) is 1.98. The molecule has 1 aromatic carbocycles. The molecule has 1 N–H and O–H groups in total. The number of benzene rings is 1. The van der Waals surface area contributed by atoms with E-state index < -0.39 is 16.4 Å². The Hall–Kier alpha value is -2.37. The first kappa shape index (κ1) is 9.20. The zero-order valence-corrected chi connectivity index (χ0v) is 7.34. The summed E-state index contributed by atoms with van der Waals surface area (Å²) in [5.74, 6) is -0.477. The number of furan rings is 1. The van der Waals surface area contributed by atoms with Gasteiger partial charge in [0.1, 0.15) is 5.58 Å². The van der Waals surface area contributed by atoms with Gasteiger partial charge in [0.2, 0.25) is 5.75 Å². The van der Waals surface area contributed by atoms with E-state index in [1.807, 2.05) is 0 Å². The minimum absolute atomic E-state index is 0.0146. The molecule has 6 nitrogen and oxygen atoms in total. The van der Waals surface area contributed by atoms with Crippen molar-refractivity contribution in [3.8, 4) is 5.75 Å². The van der Waals surface area contributed by atoms with E-state index in [2.05, 4.69) is 0 Å². The lowest BCUT2D eigenvalue weighted by atomic mass is 10.2. The van der Waals surface area contributed by atoms with Gasteiger partial charge in [-0.2, -0.15) is 0 Å². The zero-order chi connectivity index (χ0) is 11.0. The van der Waals surface area contributed by atoms with Crippen LogP contribution in [-0.2, 0) is 0 Å². The van der Waals surface area contributed by atoms with Gasteiger partial charge in [-0.3, -0.25) is 14.9 Å². The third kappa shape index (κ3) is 1.32. The van der Waals surface area contributed by atoms with Gasteiger partial charge in [0.05, 0.1) is 10.3 Å². The van der Waals surface area contributed by atoms with Gasteiger partial charge >= 0.3 is 5.69 Å². The van der Waals surface area contributed by atoms with E-state index in [0.717, 1.165) is 6.07 Å². The summed E-state index contributed by atoms with van der Waals surface area (Å²) in [7, 11) is 0. The highest BCUT2D eigenvalue weighted by atomic mass is 16.6. The van der Waals surface area contributed by atoms with Crippen molar-refractivity contribution in [3.63, 3.8) is 0 Å². The van der Waals surface area contributed by atoms with Crippen LogP contribution in [0.5, 0.6) is 5.75 Å². The number of nitro benzene ring substituents is 1. The Morgan fingerprint density at radius 3 is 2.80 bits per heavy atom.